The van der Waals surface area contributed by atoms with Crippen LogP contribution in [0.15, 0.2) is 53.3 Å². The second kappa shape index (κ2) is 7.45. The molecule has 1 aromatic heterocycles. The van der Waals surface area contributed by atoms with Gasteiger partial charge in [0.2, 0.25) is 0 Å². The minimum absolute atomic E-state index is 0.0671. The lowest BCUT2D eigenvalue weighted by Gasteiger charge is -2.21. The van der Waals surface area contributed by atoms with Gasteiger partial charge in [-0.1, -0.05) is 50.6 Å². The number of ether oxygens (including phenoxy) is 1. The van der Waals surface area contributed by atoms with Gasteiger partial charge in [-0.05, 0) is 35.2 Å². The standard InChI is InChI=1S/C21H21ClN2O3/c1-21(2,3)13-9-10-17(26-4)16(11-13)24-20(25)18-19(27-12-23-18)14-7-5-6-8-15(14)22/h5-12H,1-4H3,(H,24,25). The molecule has 3 rings (SSSR count). The fourth-order valence-corrected chi connectivity index (χ4v) is 2.92. The Morgan fingerprint density at radius 2 is 1.93 bits per heavy atom. The molecule has 140 valence electrons. The molecule has 6 heteroatoms. The van der Waals surface area contributed by atoms with Gasteiger partial charge in [-0.15, -0.1) is 0 Å². The number of hydrogen-bond donors (Lipinski definition) is 1. The molecule has 0 saturated heterocycles. The van der Waals surface area contributed by atoms with Crippen molar-refractivity contribution in [2.45, 2.75) is 26.2 Å². The van der Waals surface area contributed by atoms with Gasteiger partial charge in [0.05, 0.1) is 17.8 Å². The average Bonchev–Trinajstić information content (AvgIpc) is 3.11. The van der Waals surface area contributed by atoms with Crippen LogP contribution in [0.1, 0.15) is 36.8 Å². The highest BCUT2D eigenvalue weighted by Crippen LogP contribution is 2.33. The Morgan fingerprint density at radius 3 is 2.59 bits per heavy atom. The van der Waals surface area contributed by atoms with Crippen molar-refractivity contribution in [1.29, 1.82) is 0 Å². The second-order valence-electron chi connectivity index (χ2n) is 7.13. The van der Waals surface area contributed by atoms with Crippen LogP contribution in [0.5, 0.6) is 5.75 Å². The predicted octanol–water partition coefficient (Wildman–Crippen LogP) is 5.55. The van der Waals surface area contributed by atoms with Gasteiger partial charge >= 0.3 is 0 Å². The van der Waals surface area contributed by atoms with Gasteiger partial charge in [-0.3, -0.25) is 4.79 Å². The number of carbonyl (C=O) groups is 1. The van der Waals surface area contributed by atoms with Gasteiger partial charge in [0.15, 0.2) is 17.8 Å². The summed E-state index contributed by atoms with van der Waals surface area (Å²) in [4.78, 5) is 17.0. The highest BCUT2D eigenvalue weighted by Gasteiger charge is 2.22. The SMILES string of the molecule is COc1ccc(C(C)(C)C)cc1NC(=O)c1ncoc1-c1ccccc1Cl. The maximum atomic E-state index is 12.9. The first-order valence-electron chi connectivity index (χ1n) is 8.49. The average molecular weight is 385 g/mol. The highest BCUT2D eigenvalue weighted by molar-refractivity contribution is 6.33. The van der Waals surface area contributed by atoms with Crippen LogP contribution in [-0.2, 0) is 5.41 Å². The Labute approximate surface area is 163 Å². The summed E-state index contributed by atoms with van der Waals surface area (Å²) in [7, 11) is 1.56. The van der Waals surface area contributed by atoms with Crippen molar-refractivity contribution in [2.24, 2.45) is 0 Å². The molecular formula is C21H21ClN2O3. The molecular weight excluding hydrogens is 364 g/mol. The minimum atomic E-state index is -0.400. The van der Waals surface area contributed by atoms with Gasteiger partial charge in [0, 0.05) is 5.56 Å². The zero-order chi connectivity index (χ0) is 19.6. The van der Waals surface area contributed by atoms with Crippen LogP contribution in [0.25, 0.3) is 11.3 Å². The summed E-state index contributed by atoms with van der Waals surface area (Å²) in [6, 6.07) is 12.9. The van der Waals surface area contributed by atoms with Gasteiger partial charge in [-0.2, -0.15) is 0 Å². The Bertz CT molecular complexity index is 974. The number of nitrogens with zero attached hydrogens (tertiary/aromatic N) is 1. The number of hydrogen-bond acceptors (Lipinski definition) is 4. The number of benzene rings is 2. The number of methoxy groups -OCH3 is 1. The third-order valence-corrected chi connectivity index (χ3v) is 4.54. The molecule has 27 heavy (non-hydrogen) atoms. The lowest BCUT2D eigenvalue weighted by atomic mass is 9.87. The van der Waals surface area contributed by atoms with Crippen LogP contribution in [0.4, 0.5) is 5.69 Å². The van der Waals surface area contributed by atoms with E-state index in [2.05, 4.69) is 31.1 Å². The van der Waals surface area contributed by atoms with Crippen LogP contribution in [0, 0.1) is 0 Å². The van der Waals surface area contributed by atoms with E-state index in [-0.39, 0.29) is 11.1 Å². The Kier molecular flexibility index (Phi) is 5.24. The van der Waals surface area contributed by atoms with Crippen molar-refractivity contribution in [3.63, 3.8) is 0 Å². The molecule has 0 aliphatic heterocycles. The van der Waals surface area contributed by atoms with Gasteiger partial charge < -0.3 is 14.5 Å². The first-order valence-corrected chi connectivity index (χ1v) is 8.87. The van der Waals surface area contributed by atoms with E-state index in [9.17, 15) is 4.79 Å². The number of halogens is 1. The molecule has 1 N–H and O–H groups in total. The lowest BCUT2D eigenvalue weighted by Crippen LogP contribution is -2.16. The molecule has 0 radical (unpaired) electrons. The van der Waals surface area contributed by atoms with Crippen LogP contribution in [0.2, 0.25) is 5.02 Å². The summed E-state index contributed by atoms with van der Waals surface area (Å²) in [5, 5.41) is 3.36. The monoisotopic (exact) mass is 384 g/mol. The fraction of sp³-hybridized carbons (Fsp3) is 0.238. The smallest absolute Gasteiger partial charge is 0.278 e. The summed E-state index contributed by atoms with van der Waals surface area (Å²) < 4.78 is 10.8. The molecule has 0 aliphatic rings. The molecule has 1 amide bonds. The number of oxazole rings is 1. The number of amides is 1. The number of aromatic nitrogens is 1. The van der Waals surface area contributed by atoms with Crippen LogP contribution < -0.4 is 10.1 Å². The third-order valence-electron chi connectivity index (χ3n) is 4.21. The van der Waals surface area contributed by atoms with E-state index in [0.29, 0.717) is 27.8 Å². The highest BCUT2D eigenvalue weighted by atomic mass is 35.5. The molecule has 5 nitrogen and oxygen atoms in total. The number of carbonyl (C=O) groups excluding carboxylic acids is 1. The molecule has 0 aliphatic carbocycles. The first kappa shape index (κ1) is 19.0. The fourth-order valence-electron chi connectivity index (χ4n) is 2.70. The topological polar surface area (TPSA) is 64.4 Å². The maximum absolute atomic E-state index is 12.9. The van der Waals surface area contributed by atoms with E-state index in [1.807, 2.05) is 30.3 Å². The second-order valence-corrected chi connectivity index (χ2v) is 7.54. The van der Waals surface area contributed by atoms with Gasteiger partial charge in [0.25, 0.3) is 5.91 Å². The summed E-state index contributed by atoms with van der Waals surface area (Å²) >= 11 is 6.23. The number of rotatable bonds is 4. The summed E-state index contributed by atoms with van der Waals surface area (Å²) in [6.45, 7) is 6.31. The van der Waals surface area contributed by atoms with E-state index >= 15 is 0 Å². The lowest BCUT2D eigenvalue weighted by molar-refractivity contribution is 0.102. The van der Waals surface area contributed by atoms with Crippen molar-refractivity contribution in [1.82, 2.24) is 4.98 Å². The van der Waals surface area contributed by atoms with E-state index in [4.69, 9.17) is 20.8 Å². The molecule has 0 atom stereocenters. The normalized spacial score (nSPS) is 11.3. The predicted molar refractivity (Wildman–Crippen MR) is 107 cm³/mol. The number of anilines is 1. The number of nitrogens with one attached hydrogen (secondary N) is 1. The Balaban J connectivity index is 1.96. The summed E-state index contributed by atoms with van der Waals surface area (Å²) in [5.41, 5.74) is 2.35. The maximum Gasteiger partial charge on any atom is 0.278 e. The van der Waals surface area contributed by atoms with E-state index in [1.165, 1.54) is 6.39 Å². The Hall–Kier alpha value is -2.79. The van der Waals surface area contributed by atoms with Crippen LogP contribution in [-0.4, -0.2) is 18.0 Å². The molecule has 0 spiro atoms. The Morgan fingerprint density at radius 1 is 1.19 bits per heavy atom. The molecule has 1 heterocycles. The molecule has 0 saturated carbocycles. The van der Waals surface area contributed by atoms with Gasteiger partial charge in [-0.25, -0.2) is 4.98 Å². The third kappa shape index (κ3) is 3.98. The van der Waals surface area contributed by atoms with Crippen molar-refractivity contribution >= 4 is 23.2 Å². The molecule has 0 bridgehead atoms. The van der Waals surface area contributed by atoms with Gasteiger partial charge in [0.1, 0.15) is 5.75 Å². The molecule has 0 unspecified atom stereocenters. The molecule has 3 aromatic rings. The minimum Gasteiger partial charge on any atom is -0.495 e. The summed E-state index contributed by atoms with van der Waals surface area (Å²) in [6.07, 6.45) is 1.23. The van der Waals surface area contributed by atoms with Crippen molar-refractivity contribution in [2.75, 3.05) is 12.4 Å². The van der Waals surface area contributed by atoms with Crippen LogP contribution >= 0.6 is 11.6 Å². The molecule has 2 aromatic carbocycles. The van der Waals surface area contributed by atoms with E-state index in [1.54, 1.807) is 19.2 Å². The van der Waals surface area contributed by atoms with Crippen LogP contribution in [0.3, 0.4) is 0 Å². The van der Waals surface area contributed by atoms with Crippen molar-refractivity contribution in [3.05, 3.63) is 65.1 Å². The zero-order valence-corrected chi connectivity index (χ0v) is 16.4. The van der Waals surface area contributed by atoms with Crippen molar-refractivity contribution < 1.29 is 13.9 Å². The quantitative estimate of drug-likeness (QED) is 0.640. The van der Waals surface area contributed by atoms with E-state index in [0.717, 1.165) is 5.56 Å². The summed E-state index contributed by atoms with van der Waals surface area (Å²) in [5.74, 6) is 0.492. The largest absolute Gasteiger partial charge is 0.495 e. The van der Waals surface area contributed by atoms with Crippen molar-refractivity contribution in [3.8, 4) is 17.1 Å². The first-order chi connectivity index (χ1) is 12.8. The zero-order valence-electron chi connectivity index (χ0n) is 15.7. The molecule has 0 fully saturated rings. The van der Waals surface area contributed by atoms with E-state index < -0.39 is 5.91 Å².